The third-order valence-corrected chi connectivity index (χ3v) is 5.71. The predicted molar refractivity (Wildman–Crippen MR) is 128 cm³/mol. The number of carboxylic acids is 1. The van der Waals surface area contributed by atoms with Crippen molar-refractivity contribution >= 4 is 51.3 Å². The summed E-state index contributed by atoms with van der Waals surface area (Å²) in [6.07, 6.45) is 2.68. The molecule has 1 heterocycles. The summed E-state index contributed by atoms with van der Waals surface area (Å²) in [5.74, 6) is -0.356. The number of aliphatic carboxylic acids is 1. The van der Waals surface area contributed by atoms with Crippen molar-refractivity contribution in [1.82, 2.24) is 5.32 Å². The minimum Gasteiger partial charge on any atom is -0.493 e. The smallest absolute Gasteiger partial charge is 0.307 e. The summed E-state index contributed by atoms with van der Waals surface area (Å²) < 4.78 is 5.94. The number of benzene rings is 3. The van der Waals surface area contributed by atoms with Gasteiger partial charge in [0, 0.05) is 5.56 Å². The van der Waals surface area contributed by atoms with Crippen molar-refractivity contribution in [2.45, 2.75) is 19.8 Å². The fourth-order valence-electron chi connectivity index (χ4n) is 3.29. The molecule has 0 spiro atoms. The van der Waals surface area contributed by atoms with Gasteiger partial charge in [-0.3, -0.25) is 9.59 Å². The molecule has 1 fully saturated rings. The van der Waals surface area contributed by atoms with Crippen molar-refractivity contribution in [3.63, 3.8) is 0 Å². The molecule has 3 aromatic carbocycles. The normalized spacial score (nSPS) is 16.0. The minimum absolute atomic E-state index is 0.0383. The lowest BCUT2D eigenvalue weighted by Gasteiger charge is -2.10. The number of nitrogens with one attached hydrogen (secondary N) is 1. The van der Waals surface area contributed by atoms with Crippen LogP contribution in [0.15, 0.2) is 70.6 Å². The molecule has 0 bridgehead atoms. The van der Waals surface area contributed by atoms with Gasteiger partial charge in [0.25, 0.3) is 5.91 Å². The van der Waals surface area contributed by atoms with E-state index in [-0.39, 0.29) is 12.3 Å². The van der Waals surface area contributed by atoms with Gasteiger partial charge in [0.05, 0.1) is 23.6 Å². The Morgan fingerprint density at radius 2 is 1.84 bits per heavy atom. The zero-order chi connectivity index (χ0) is 22.5. The van der Waals surface area contributed by atoms with Crippen LogP contribution in [0.2, 0.25) is 0 Å². The third kappa shape index (κ3) is 5.18. The Morgan fingerprint density at radius 1 is 1.12 bits per heavy atom. The van der Waals surface area contributed by atoms with Crippen LogP contribution in [0.3, 0.4) is 0 Å². The Balaban J connectivity index is 1.59. The van der Waals surface area contributed by atoms with Crippen molar-refractivity contribution in [2.75, 3.05) is 6.61 Å². The highest BCUT2D eigenvalue weighted by atomic mass is 32.2. The molecular weight excluding hydrogens is 424 g/mol. The standard InChI is InChI=1S/C25H22N2O4S/c1-2-11-31-21-14-18-6-4-3-5-17(18)13-19(21)15-22-24(30)27-25(32-22)26-20-9-7-16(8-10-20)12-23(28)29/h3-10,13-15H,2,11-12H2,1H3,(H,28,29)(H,26,27,30). The van der Waals surface area contributed by atoms with Crippen molar-refractivity contribution < 1.29 is 19.4 Å². The number of thioether (sulfide) groups is 1. The Morgan fingerprint density at radius 3 is 2.53 bits per heavy atom. The van der Waals surface area contributed by atoms with E-state index in [1.807, 2.05) is 42.5 Å². The van der Waals surface area contributed by atoms with E-state index < -0.39 is 5.97 Å². The van der Waals surface area contributed by atoms with Gasteiger partial charge in [0.15, 0.2) is 5.17 Å². The number of carbonyl (C=O) groups excluding carboxylic acids is 1. The van der Waals surface area contributed by atoms with E-state index in [4.69, 9.17) is 9.84 Å². The summed E-state index contributed by atoms with van der Waals surface area (Å²) in [6.45, 7) is 2.65. The van der Waals surface area contributed by atoms with Crippen LogP contribution in [-0.2, 0) is 16.0 Å². The summed E-state index contributed by atoms with van der Waals surface area (Å²) in [5.41, 5.74) is 2.18. The van der Waals surface area contributed by atoms with Crippen LogP contribution in [0.1, 0.15) is 24.5 Å². The maximum Gasteiger partial charge on any atom is 0.307 e. The average Bonchev–Trinajstić information content (AvgIpc) is 3.11. The number of amidine groups is 1. The van der Waals surface area contributed by atoms with E-state index in [0.29, 0.717) is 27.9 Å². The molecule has 3 aromatic rings. The first kappa shape index (κ1) is 21.6. The monoisotopic (exact) mass is 446 g/mol. The average molecular weight is 447 g/mol. The van der Waals surface area contributed by atoms with Crippen LogP contribution in [-0.4, -0.2) is 28.8 Å². The first-order valence-corrected chi connectivity index (χ1v) is 11.1. The summed E-state index contributed by atoms with van der Waals surface area (Å²) in [7, 11) is 0. The van der Waals surface area contributed by atoms with E-state index in [9.17, 15) is 9.59 Å². The highest BCUT2D eigenvalue weighted by Gasteiger charge is 2.24. The Kier molecular flexibility index (Phi) is 6.56. The molecule has 0 aromatic heterocycles. The fraction of sp³-hybridized carbons (Fsp3) is 0.160. The van der Waals surface area contributed by atoms with Gasteiger partial charge in [0.2, 0.25) is 0 Å². The van der Waals surface area contributed by atoms with E-state index in [0.717, 1.165) is 28.5 Å². The number of rotatable bonds is 7. The van der Waals surface area contributed by atoms with Crippen molar-refractivity contribution in [1.29, 1.82) is 0 Å². The van der Waals surface area contributed by atoms with E-state index in [1.54, 1.807) is 24.3 Å². The molecule has 0 atom stereocenters. The number of ether oxygens (including phenoxy) is 1. The molecular formula is C25H22N2O4S. The number of hydrogen-bond donors (Lipinski definition) is 2. The predicted octanol–water partition coefficient (Wildman–Crippen LogP) is 5.15. The molecule has 1 saturated heterocycles. The van der Waals surface area contributed by atoms with Crippen molar-refractivity contribution in [3.8, 4) is 5.75 Å². The maximum atomic E-state index is 12.6. The largest absolute Gasteiger partial charge is 0.493 e. The van der Waals surface area contributed by atoms with Crippen LogP contribution in [0, 0.1) is 0 Å². The molecule has 1 amide bonds. The van der Waals surface area contributed by atoms with Crippen LogP contribution < -0.4 is 10.1 Å². The van der Waals surface area contributed by atoms with Gasteiger partial charge in [-0.05, 0) is 64.9 Å². The second-order valence-corrected chi connectivity index (χ2v) is 8.33. The van der Waals surface area contributed by atoms with Gasteiger partial charge in [0.1, 0.15) is 5.75 Å². The molecule has 0 unspecified atom stereocenters. The highest BCUT2D eigenvalue weighted by molar-refractivity contribution is 8.18. The molecule has 0 aliphatic carbocycles. The Labute approximate surface area is 190 Å². The maximum absolute atomic E-state index is 12.6. The van der Waals surface area contributed by atoms with E-state index in [2.05, 4.69) is 17.2 Å². The molecule has 0 saturated carbocycles. The molecule has 1 aliphatic heterocycles. The van der Waals surface area contributed by atoms with Crippen LogP contribution in [0.5, 0.6) is 5.75 Å². The first-order valence-electron chi connectivity index (χ1n) is 10.3. The molecule has 7 heteroatoms. The first-order chi connectivity index (χ1) is 15.5. The van der Waals surface area contributed by atoms with Gasteiger partial charge in [-0.2, -0.15) is 0 Å². The van der Waals surface area contributed by atoms with Gasteiger partial charge >= 0.3 is 5.97 Å². The molecule has 4 rings (SSSR count). The van der Waals surface area contributed by atoms with Crippen molar-refractivity contribution in [3.05, 3.63) is 76.7 Å². The number of nitrogens with zero attached hydrogens (tertiary/aromatic N) is 1. The van der Waals surface area contributed by atoms with E-state index >= 15 is 0 Å². The molecule has 6 nitrogen and oxygen atoms in total. The number of amides is 1. The third-order valence-electron chi connectivity index (χ3n) is 4.80. The fourth-order valence-corrected chi connectivity index (χ4v) is 4.12. The quantitative estimate of drug-likeness (QED) is 0.490. The van der Waals surface area contributed by atoms with Crippen LogP contribution in [0.25, 0.3) is 16.8 Å². The lowest BCUT2D eigenvalue weighted by molar-refractivity contribution is -0.136. The second-order valence-electron chi connectivity index (χ2n) is 7.30. The summed E-state index contributed by atoms with van der Waals surface area (Å²) in [5, 5.41) is 14.3. The molecule has 1 aliphatic rings. The van der Waals surface area contributed by atoms with Gasteiger partial charge in [-0.1, -0.05) is 43.3 Å². The Hall–Kier alpha value is -3.58. The summed E-state index contributed by atoms with van der Waals surface area (Å²) in [6, 6.07) is 19.0. The zero-order valence-electron chi connectivity index (χ0n) is 17.5. The lowest BCUT2D eigenvalue weighted by Crippen LogP contribution is -2.19. The number of fused-ring (bicyclic) bond motifs is 1. The molecule has 162 valence electrons. The van der Waals surface area contributed by atoms with Gasteiger partial charge in [-0.15, -0.1) is 0 Å². The van der Waals surface area contributed by atoms with Crippen LogP contribution in [0.4, 0.5) is 5.69 Å². The number of carboxylic acid groups (broad SMARTS) is 1. The zero-order valence-corrected chi connectivity index (χ0v) is 18.3. The molecule has 32 heavy (non-hydrogen) atoms. The number of aliphatic imine (C=N–C) groups is 1. The van der Waals surface area contributed by atoms with Crippen molar-refractivity contribution in [2.24, 2.45) is 4.99 Å². The summed E-state index contributed by atoms with van der Waals surface area (Å²) in [4.78, 5) is 28.4. The van der Waals surface area contributed by atoms with E-state index in [1.165, 1.54) is 11.8 Å². The number of hydrogen-bond acceptors (Lipinski definition) is 5. The SMILES string of the molecule is CCCOc1cc2ccccc2cc1C=C1SC(=Nc2ccc(CC(=O)O)cc2)NC1=O. The minimum atomic E-state index is -0.881. The van der Waals surface area contributed by atoms with Gasteiger partial charge in [-0.25, -0.2) is 4.99 Å². The second kappa shape index (κ2) is 9.70. The lowest BCUT2D eigenvalue weighted by atomic mass is 10.1. The Bertz CT molecular complexity index is 1230. The number of carbonyl (C=O) groups is 2. The van der Waals surface area contributed by atoms with Crippen LogP contribution >= 0.6 is 11.8 Å². The van der Waals surface area contributed by atoms with Gasteiger partial charge < -0.3 is 15.2 Å². The summed E-state index contributed by atoms with van der Waals surface area (Å²) >= 11 is 1.26. The molecule has 2 N–H and O–H groups in total. The highest BCUT2D eigenvalue weighted by Crippen LogP contribution is 2.33. The topological polar surface area (TPSA) is 88.0 Å². The molecule has 0 radical (unpaired) electrons.